The molecule has 0 saturated carbocycles. The van der Waals surface area contributed by atoms with Gasteiger partial charge in [-0.2, -0.15) is 5.10 Å². The SMILES string of the molecule is O=C(O)c1ccnn1-c1ccc2ccccn12. The lowest BCUT2D eigenvalue weighted by molar-refractivity contribution is 0.0687. The standard InChI is InChI=1S/C12H9N3O2/c16-12(17)10-6-7-13-15(10)11-5-4-9-3-1-2-8-14(9)11/h1-8H,(H,16,17). The van der Waals surface area contributed by atoms with Crippen LogP contribution in [0.3, 0.4) is 0 Å². The maximum atomic E-state index is 11.0. The maximum absolute atomic E-state index is 11.0. The van der Waals surface area contributed by atoms with E-state index in [1.807, 2.05) is 40.9 Å². The fourth-order valence-corrected chi connectivity index (χ4v) is 1.86. The zero-order chi connectivity index (χ0) is 11.8. The molecule has 0 bridgehead atoms. The Bertz CT molecular complexity index is 696. The van der Waals surface area contributed by atoms with Crippen LogP contribution < -0.4 is 0 Å². The van der Waals surface area contributed by atoms with Gasteiger partial charge in [-0.15, -0.1) is 0 Å². The average Bonchev–Trinajstić information content (AvgIpc) is 2.94. The van der Waals surface area contributed by atoms with Crippen molar-refractivity contribution in [3.8, 4) is 5.82 Å². The van der Waals surface area contributed by atoms with Crippen molar-refractivity contribution in [1.29, 1.82) is 0 Å². The van der Waals surface area contributed by atoms with Crippen molar-refractivity contribution in [1.82, 2.24) is 14.2 Å². The van der Waals surface area contributed by atoms with Gasteiger partial charge >= 0.3 is 5.97 Å². The molecular weight excluding hydrogens is 218 g/mol. The molecule has 3 aromatic heterocycles. The molecule has 0 unspecified atom stereocenters. The number of hydrogen-bond acceptors (Lipinski definition) is 2. The van der Waals surface area contributed by atoms with E-state index in [4.69, 9.17) is 5.11 Å². The number of nitrogens with zero attached hydrogens (tertiary/aromatic N) is 3. The highest BCUT2D eigenvalue weighted by Gasteiger charge is 2.13. The zero-order valence-corrected chi connectivity index (χ0v) is 8.82. The van der Waals surface area contributed by atoms with Gasteiger partial charge in [-0.05, 0) is 30.3 Å². The summed E-state index contributed by atoms with van der Waals surface area (Å²) < 4.78 is 3.30. The molecule has 0 saturated heterocycles. The van der Waals surface area contributed by atoms with E-state index >= 15 is 0 Å². The first-order valence-electron chi connectivity index (χ1n) is 5.11. The highest BCUT2D eigenvalue weighted by Crippen LogP contribution is 2.15. The van der Waals surface area contributed by atoms with Crippen LogP contribution >= 0.6 is 0 Å². The van der Waals surface area contributed by atoms with E-state index in [1.54, 1.807) is 0 Å². The van der Waals surface area contributed by atoms with Gasteiger partial charge in [0.15, 0.2) is 5.69 Å². The molecule has 1 N–H and O–H groups in total. The molecule has 0 fully saturated rings. The molecule has 0 spiro atoms. The van der Waals surface area contributed by atoms with Crippen LogP contribution in [-0.2, 0) is 0 Å². The summed E-state index contributed by atoms with van der Waals surface area (Å²) in [6, 6.07) is 11.0. The molecule has 0 aliphatic carbocycles. The summed E-state index contributed by atoms with van der Waals surface area (Å²) in [4.78, 5) is 11.0. The Balaban J connectivity index is 2.28. The Kier molecular flexibility index (Phi) is 1.98. The minimum Gasteiger partial charge on any atom is -0.477 e. The van der Waals surface area contributed by atoms with E-state index in [1.165, 1.54) is 16.9 Å². The van der Waals surface area contributed by atoms with Crippen LogP contribution in [0.25, 0.3) is 11.3 Å². The highest BCUT2D eigenvalue weighted by atomic mass is 16.4. The second kappa shape index (κ2) is 3.48. The molecule has 3 aromatic rings. The largest absolute Gasteiger partial charge is 0.477 e. The molecule has 0 aliphatic heterocycles. The van der Waals surface area contributed by atoms with E-state index in [-0.39, 0.29) is 5.69 Å². The number of aromatic nitrogens is 3. The van der Waals surface area contributed by atoms with Crippen LogP contribution in [0.2, 0.25) is 0 Å². The molecule has 3 heterocycles. The van der Waals surface area contributed by atoms with E-state index < -0.39 is 5.97 Å². The van der Waals surface area contributed by atoms with E-state index in [0.29, 0.717) is 5.82 Å². The molecule has 0 aromatic carbocycles. The summed E-state index contributed by atoms with van der Waals surface area (Å²) in [7, 11) is 0. The molecular formula is C12H9N3O2. The van der Waals surface area contributed by atoms with Gasteiger partial charge in [-0.25, -0.2) is 9.48 Å². The number of fused-ring (bicyclic) bond motifs is 1. The number of carboxylic acid groups (broad SMARTS) is 1. The maximum Gasteiger partial charge on any atom is 0.354 e. The second-order valence-corrected chi connectivity index (χ2v) is 3.62. The molecule has 0 aliphatic rings. The molecule has 5 nitrogen and oxygen atoms in total. The highest BCUT2D eigenvalue weighted by molar-refractivity contribution is 5.86. The van der Waals surface area contributed by atoms with Crippen LogP contribution in [0.4, 0.5) is 0 Å². The summed E-state index contributed by atoms with van der Waals surface area (Å²) in [5.74, 6) is -0.281. The van der Waals surface area contributed by atoms with E-state index in [2.05, 4.69) is 5.10 Å². The van der Waals surface area contributed by atoms with Crippen molar-refractivity contribution in [2.75, 3.05) is 0 Å². The van der Waals surface area contributed by atoms with Gasteiger partial charge in [0.2, 0.25) is 0 Å². The van der Waals surface area contributed by atoms with Gasteiger partial charge in [-0.1, -0.05) is 6.07 Å². The fraction of sp³-hybridized carbons (Fsp3) is 0. The molecule has 0 atom stereocenters. The first-order chi connectivity index (χ1) is 8.27. The monoisotopic (exact) mass is 227 g/mol. The predicted octanol–water partition coefficient (Wildman–Crippen LogP) is 1.82. The summed E-state index contributed by atoms with van der Waals surface area (Å²) in [6.07, 6.45) is 3.35. The van der Waals surface area contributed by atoms with Crippen LogP contribution in [0.15, 0.2) is 48.8 Å². The Morgan fingerprint density at radius 3 is 2.88 bits per heavy atom. The predicted molar refractivity (Wildman–Crippen MR) is 61.5 cm³/mol. The Labute approximate surface area is 96.5 Å². The minimum atomic E-state index is -0.992. The number of pyridine rings is 1. The smallest absolute Gasteiger partial charge is 0.354 e. The number of aromatic carboxylic acids is 1. The number of carboxylic acids is 1. The van der Waals surface area contributed by atoms with E-state index in [0.717, 1.165) is 5.52 Å². The van der Waals surface area contributed by atoms with Crippen molar-refractivity contribution in [2.24, 2.45) is 0 Å². The summed E-state index contributed by atoms with van der Waals surface area (Å²) >= 11 is 0. The van der Waals surface area contributed by atoms with Crippen LogP contribution in [0.1, 0.15) is 10.5 Å². The fourth-order valence-electron chi connectivity index (χ4n) is 1.86. The minimum absolute atomic E-state index is 0.147. The third-order valence-electron chi connectivity index (χ3n) is 2.62. The van der Waals surface area contributed by atoms with Crippen molar-refractivity contribution in [3.05, 3.63) is 54.5 Å². The van der Waals surface area contributed by atoms with Gasteiger partial charge in [0, 0.05) is 11.7 Å². The zero-order valence-electron chi connectivity index (χ0n) is 8.82. The summed E-state index contributed by atoms with van der Waals surface area (Å²) in [6.45, 7) is 0. The van der Waals surface area contributed by atoms with Gasteiger partial charge in [0.1, 0.15) is 5.82 Å². The molecule has 3 rings (SSSR count). The molecule has 17 heavy (non-hydrogen) atoms. The lowest BCUT2D eigenvalue weighted by Crippen LogP contribution is -2.09. The second-order valence-electron chi connectivity index (χ2n) is 3.62. The quantitative estimate of drug-likeness (QED) is 0.726. The number of carbonyl (C=O) groups is 1. The van der Waals surface area contributed by atoms with Crippen LogP contribution in [0.5, 0.6) is 0 Å². The first kappa shape index (κ1) is 9.65. The third kappa shape index (κ3) is 1.40. The Morgan fingerprint density at radius 2 is 2.06 bits per heavy atom. The van der Waals surface area contributed by atoms with E-state index in [9.17, 15) is 4.79 Å². The number of rotatable bonds is 2. The lowest BCUT2D eigenvalue weighted by Gasteiger charge is -2.04. The van der Waals surface area contributed by atoms with Crippen molar-refractivity contribution >= 4 is 11.5 Å². The van der Waals surface area contributed by atoms with Crippen molar-refractivity contribution in [3.63, 3.8) is 0 Å². The lowest BCUT2D eigenvalue weighted by atomic mass is 10.4. The summed E-state index contributed by atoms with van der Waals surface area (Å²) in [5, 5.41) is 13.1. The van der Waals surface area contributed by atoms with Gasteiger partial charge < -0.3 is 9.51 Å². The first-order valence-corrected chi connectivity index (χ1v) is 5.11. The molecule has 84 valence electrons. The topological polar surface area (TPSA) is 59.5 Å². The van der Waals surface area contributed by atoms with Crippen molar-refractivity contribution in [2.45, 2.75) is 0 Å². The molecule has 5 heteroatoms. The van der Waals surface area contributed by atoms with Gasteiger partial charge in [-0.3, -0.25) is 0 Å². The average molecular weight is 227 g/mol. The van der Waals surface area contributed by atoms with Crippen LogP contribution in [0, 0.1) is 0 Å². The van der Waals surface area contributed by atoms with Crippen LogP contribution in [-0.4, -0.2) is 25.3 Å². The Hall–Kier alpha value is -2.56. The molecule has 0 radical (unpaired) electrons. The Morgan fingerprint density at radius 1 is 1.18 bits per heavy atom. The summed E-state index contributed by atoms with van der Waals surface area (Å²) in [5.41, 5.74) is 1.14. The number of hydrogen-bond donors (Lipinski definition) is 1. The van der Waals surface area contributed by atoms with Gasteiger partial charge in [0.05, 0.1) is 6.20 Å². The van der Waals surface area contributed by atoms with Crippen molar-refractivity contribution < 1.29 is 9.90 Å². The normalized spacial score (nSPS) is 10.8. The third-order valence-corrected chi connectivity index (χ3v) is 2.62. The van der Waals surface area contributed by atoms with Gasteiger partial charge in [0.25, 0.3) is 0 Å². The molecule has 0 amide bonds.